The molecule has 0 saturated heterocycles. The Morgan fingerprint density at radius 3 is 1.89 bits per heavy atom. The average Bonchev–Trinajstić information content (AvgIpc) is 2.67. The zero-order valence-corrected chi connectivity index (χ0v) is 17.7. The van der Waals surface area contributed by atoms with Crippen molar-refractivity contribution in [2.45, 2.75) is 116 Å². The normalized spacial score (nSPS) is 14.7. The minimum Gasteiger partial charge on any atom is -0.463 e. The Morgan fingerprint density at radius 2 is 1.30 bits per heavy atom. The van der Waals surface area contributed by atoms with E-state index in [1.165, 1.54) is 32.1 Å². The maximum Gasteiger partial charge on any atom is 0.309 e. The van der Waals surface area contributed by atoms with Crippen LogP contribution in [-0.2, 0) is 9.53 Å². The highest BCUT2D eigenvalue weighted by Crippen LogP contribution is 2.21. The molecular formula is C22H44O5. The predicted molar refractivity (Wildman–Crippen MR) is 110 cm³/mol. The average molecular weight is 389 g/mol. The first-order valence-electron chi connectivity index (χ1n) is 11.2. The molecular weight excluding hydrogens is 344 g/mol. The van der Waals surface area contributed by atoms with Crippen molar-refractivity contribution >= 4 is 5.97 Å². The summed E-state index contributed by atoms with van der Waals surface area (Å²) in [5.74, 6) is -0.690. The molecule has 3 unspecified atom stereocenters. The summed E-state index contributed by atoms with van der Waals surface area (Å²) in [5.41, 5.74) is 0. The third kappa shape index (κ3) is 16.0. The molecule has 0 bridgehead atoms. The van der Waals surface area contributed by atoms with Gasteiger partial charge in [0.1, 0.15) is 12.7 Å². The maximum atomic E-state index is 12.3. The number of aliphatic hydroxyl groups is 3. The molecule has 27 heavy (non-hydrogen) atoms. The zero-order valence-electron chi connectivity index (χ0n) is 17.7. The molecule has 0 saturated carbocycles. The summed E-state index contributed by atoms with van der Waals surface area (Å²) >= 11 is 0. The summed E-state index contributed by atoms with van der Waals surface area (Å²) in [7, 11) is 0. The second-order valence-corrected chi connectivity index (χ2v) is 7.81. The van der Waals surface area contributed by atoms with E-state index in [9.17, 15) is 15.0 Å². The number of esters is 1. The van der Waals surface area contributed by atoms with E-state index >= 15 is 0 Å². The van der Waals surface area contributed by atoms with Gasteiger partial charge in [-0.1, -0.05) is 84.5 Å². The van der Waals surface area contributed by atoms with Crippen LogP contribution in [0.15, 0.2) is 0 Å². The lowest BCUT2D eigenvalue weighted by molar-refractivity contribution is -0.153. The van der Waals surface area contributed by atoms with Crippen LogP contribution < -0.4 is 0 Å². The van der Waals surface area contributed by atoms with E-state index in [1.54, 1.807) is 0 Å². The molecule has 0 aromatic carbocycles. The van der Waals surface area contributed by atoms with Crippen molar-refractivity contribution in [1.29, 1.82) is 0 Å². The summed E-state index contributed by atoms with van der Waals surface area (Å²) in [6.07, 6.45) is 13.1. The van der Waals surface area contributed by atoms with Crippen LogP contribution in [0.1, 0.15) is 104 Å². The SMILES string of the molecule is CCCCCCCCCC(O)CC(CCCCCC)C(=O)OCC(O)CO. The van der Waals surface area contributed by atoms with E-state index in [-0.39, 0.29) is 18.5 Å². The van der Waals surface area contributed by atoms with Crippen molar-refractivity contribution in [3.63, 3.8) is 0 Å². The van der Waals surface area contributed by atoms with Gasteiger partial charge in [-0.3, -0.25) is 4.79 Å². The van der Waals surface area contributed by atoms with Gasteiger partial charge >= 0.3 is 5.97 Å². The molecule has 0 aromatic heterocycles. The van der Waals surface area contributed by atoms with Crippen LogP contribution in [0.5, 0.6) is 0 Å². The molecule has 3 N–H and O–H groups in total. The van der Waals surface area contributed by atoms with Gasteiger partial charge in [-0.15, -0.1) is 0 Å². The van der Waals surface area contributed by atoms with Crippen molar-refractivity contribution < 1.29 is 24.9 Å². The molecule has 5 heteroatoms. The van der Waals surface area contributed by atoms with Gasteiger partial charge in [-0.2, -0.15) is 0 Å². The first-order chi connectivity index (χ1) is 13.0. The second-order valence-electron chi connectivity index (χ2n) is 7.81. The van der Waals surface area contributed by atoms with Crippen LogP contribution in [0.2, 0.25) is 0 Å². The van der Waals surface area contributed by atoms with Crippen LogP contribution in [0.25, 0.3) is 0 Å². The molecule has 0 amide bonds. The Balaban J connectivity index is 4.19. The fraction of sp³-hybridized carbons (Fsp3) is 0.955. The Morgan fingerprint density at radius 1 is 0.778 bits per heavy atom. The van der Waals surface area contributed by atoms with Gasteiger partial charge in [0.2, 0.25) is 0 Å². The Bertz CT molecular complexity index is 335. The number of hydrogen-bond acceptors (Lipinski definition) is 5. The first-order valence-corrected chi connectivity index (χ1v) is 11.2. The van der Waals surface area contributed by atoms with Crippen molar-refractivity contribution in [3.05, 3.63) is 0 Å². The smallest absolute Gasteiger partial charge is 0.309 e. The number of carbonyl (C=O) groups excluding carboxylic acids is 1. The summed E-state index contributed by atoms with van der Waals surface area (Å²) in [6.45, 7) is 3.75. The van der Waals surface area contributed by atoms with Crippen LogP contribution in [0.4, 0.5) is 0 Å². The van der Waals surface area contributed by atoms with Gasteiger partial charge in [-0.25, -0.2) is 0 Å². The van der Waals surface area contributed by atoms with Gasteiger partial charge in [0.05, 0.1) is 18.6 Å². The molecule has 0 rings (SSSR count). The number of aliphatic hydroxyl groups excluding tert-OH is 3. The monoisotopic (exact) mass is 388 g/mol. The summed E-state index contributed by atoms with van der Waals surface area (Å²) in [5, 5.41) is 28.5. The van der Waals surface area contributed by atoms with E-state index in [0.29, 0.717) is 12.8 Å². The first kappa shape index (κ1) is 26.4. The molecule has 0 aromatic rings. The highest BCUT2D eigenvalue weighted by atomic mass is 16.5. The third-order valence-electron chi connectivity index (χ3n) is 5.07. The molecule has 5 nitrogen and oxygen atoms in total. The Labute approximate surface area is 166 Å². The third-order valence-corrected chi connectivity index (χ3v) is 5.07. The van der Waals surface area contributed by atoms with Crippen molar-refractivity contribution in [2.75, 3.05) is 13.2 Å². The van der Waals surface area contributed by atoms with Gasteiger partial charge < -0.3 is 20.1 Å². The molecule has 0 aliphatic heterocycles. The van der Waals surface area contributed by atoms with Crippen LogP contribution in [0, 0.1) is 5.92 Å². The molecule has 0 spiro atoms. The van der Waals surface area contributed by atoms with Crippen LogP contribution in [-0.4, -0.2) is 46.7 Å². The predicted octanol–water partition coefficient (Wildman–Crippen LogP) is 4.36. The molecule has 0 aliphatic carbocycles. The molecule has 0 aliphatic rings. The van der Waals surface area contributed by atoms with Crippen molar-refractivity contribution in [3.8, 4) is 0 Å². The van der Waals surface area contributed by atoms with E-state index in [0.717, 1.165) is 44.9 Å². The Kier molecular flexibility index (Phi) is 18.3. The lowest BCUT2D eigenvalue weighted by atomic mass is 9.92. The largest absolute Gasteiger partial charge is 0.463 e. The van der Waals surface area contributed by atoms with Gasteiger partial charge in [0.25, 0.3) is 0 Å². The lowest BCUT2D eigenvalue weighted by Gasteiger charge is -2.20. The number of ether oxygens (including phenoxy) is 1. The standard InChI is InChI=1S/C22H44O5/c1-3-5-7-9-10-11-13-15-20(24)16-19(14-12-8-6-4-2)22(26)27-18-21(25)17-23/h19-21,23-25H,3-18H2,1-2H3. The van der Waals surface area contributed by atoms with Gasteiger partial charge in [0, 0.05) is 0 Å². The molecule has 3 atom stereocenters. The minimum atomic E-state index is -1.03. The highest BCUT2D eigenvalue weighted by molar-refractivity contribution is 5.72. The number of rotatable bonds is 19. The lowest BCUT2D eigenvalue weighted by Crippen LogP contribution is -2.28. The van der Waals surface area contributed by atoms with E-state index in [4.69, 9.17) is 9.84 Å². The fourth-order valence-electron chi connectivity index (χ4n) is 3.28. The number of carbonyl (C=O) groups is 1. The summed E-state index contributed by atoms with van der Waals surface area (Å²) in [6, 6.07) is 0. The maximum absolute atomic E-state index is 12.3. The molecule has 0 fully saturated rings. The van der Waals surface area contributed by atoms with Crippen molar-refractivity contribution in [2.24, 2.45) is 5.92 Å². The van der Waals surface area contributed by atoms with Crippen molar-refractivity contribution in [1.82, 2.24) is 0 Å². The highest BCUT2D eigenvalue weighted by Gasteiger charge is 2.23. The van der Waals surface area contributed by atoms with Gasteiger partial charge in [0.15, 0.2) is 0 Å². The minimum absolute atomic E-state index is 0.186. The van der Waals surface area contributed by atoms with Crippen LogP contribution >= 0.6 is 0 Å². The summed E-state index contributed by atoms with van der Waals surface area (Å²) in [4.78, 5) is 12.3. The molecule has 0 heterocycles. The van der Waals surface area contributed by atoms with Crippen LogP contribution in [0.3, 0.4) is 0 Å². The fourth-order valence-corrected chi connectivity index (χ4v) is 3.28. The van der Waals surface area contributed by atoms with E-state index in [2.05, 4.69) is 13.8 Å². The summed E-state index contributed by atoms with van der Waals surface area (Å²) < 4.78 is 5.14. The topological polar surface area (TPSA) is 87.0 Å². The number of unbranched alkanes of at least 4 members (excludes halogenated alkanes) is 9. The quantitative estimate of drug-likeness (QED) is 0.226. The molecule has 0 radical (unpaired) electrons. The van der Waals surface area contributed by atoms with E-state index in [1.807, 2.05) is 0 Å². The number of hydrogen-bond donors (Lipinski definition) is 3. The second kappa shape index (κ2) is 18.7. The van der Waals surface area contributed by atoms with E-state index < -0.39 is 18.8 Å². The van der Waals surface area contributed by atoms with Gasteiger partial charge in [-0.05, 0) is 19.3 Å². The zero-order chi connectivity index (χ0) is 20.3. The Hall–Kier alpha value is -0.650. The molecule has 162 valence electrons.